The van der Waals surface area contributed by atoms with Crippen molar-refractivity contribution < 1.29 is 9.53 Å². The number of nitrogens with zero attached hydrogens (tertiary/aromatic N) is 4. The third kappa shape index (κ3) is 4.35. The molecule has 0 aliphatic carbocycles. The summed E-state index contributed by atoms with van der Waals surface area (Å²) in [5.41, 5.74) is 2.43. The van der Waals surface area contributed by atoms with Gasteiger partial charge in [0.25, 0.3) is 5.91 Å². The lowest BCUT2D eigenvalue weighted by atomic mass is 9.95. The van der Waals surface area contributed by atoms with Crippen molar-refractivity contribution in [2.75, 3.05) is 26.3 Å². The molecule has 6 nitrogen and oxygen atoms in total. The van der Waals surface area contributed by atoms with E-state index in [9.17, 15) is 4.79 Å². The summed E-state index contributed by atoms with van der Waals surface area (Å²) in [5, 5.41) is 8.95. The number of ether oxygens (including phenoxy) is 1. The zero-order valence-electron chi connectivity index (χ0n) is 17.0. The quantitative estimate of drug-likeness (QED) is 0.798. The van der Waals surface area contributed by atoms with Gasteiger partial charge in [-0.15, -0.1) is 0 Å². The highest BCUT2D eigenvalue weighted by Crippen LogP contribution is 2.29. The molecule has 29 heavy (non-hydrogen) atoms. The fraction of sp³-hybridized carbons (Fsp3) is 0.522. The van der Waals surface area contributed by atoms with Crippen LogP contribution in [0.15, 0.2) is 30.5 Å². The fourth-order valence-electron chi connectivity index (χ4n) is 4.53. The molecule has 6 heteroatoms. The molecule has 0 saturated carbocycles. The van der Waals surface area contributed by atoms with Gasteiger partial charge < -0.3 is 14.2 Å². The van der Waals surface area contributed by atoms with E-state index in [4.69, 9.17) is 15.0 Å². The summed E-state index contributed by atoms with van der Waals surface area (Å²) in [6, 6.07) is 9.04. The monoisotopic (exact) mass is 392 g/mol. The fourth-order valence-corrected chi connectivity index (χ4v) is 4.53. The largest absolute Gasteiger partial charge is 0.381 e. The SMILES string of the molecule is Cc1cnc(C2CCOCC2)n1CC1CCCN(C(=O)c2ccc(C#N)cc2)C1. The van der Waals surface area contributed by atoms with Crippen LogP contribution in [0.2, 0.25) is 0 Å². The zero-order chi connectivity index (χ0) is 20.2. The summed E-state index contributed by atoms with van der Waals surface area (Å²) < 4.78 is 7.89. The number of piperidine rings is 1. The molecule has 2 aliphatic heterocycles. The van der Waals surface area contributed by atoms with Gasteiger partial charge in [-0.1, -0.05) is 0 Å². The van der Waals surface area contributed by atoms with E-state index in [1.165, 1.54) is 11.5 Å². The highest BCUT2D eigenvalue weighted by Gasteiger charge is 2.27. The van der Waals surface area contributed by atoms with E-state index in [1.54, 1.807) is 24.3 Å². The van der Waals surface area contributed by atoms with Crippen LogP contribution < -0.4 is 0 Å². The van der Waals surface area contributed by atoms with E-state index in [0.717, 1.165) is 58.5 Å². The van der Waals surface area contributed by atoms with Gasteiger partial charge in [0.1, 0.15) is 5.82 Å². The Hall–Kier alpha value is -2.65. The predicted octanol–water partition coefficient (Wildman–Crippen LogP) is 3.51. The summed E-state index contributed by atoms with van der Waals surface area (Å²) in [6.45, 7) is 6.22. The zero-order valence-corrected chi connectivity index (χ0v) is 17.0. The van der Waals surface area contributed by atoms with Gasteiger partial charge in [-0.2, -0.15) is 5.26 Å². The van der Waals surface area contributed by atoms with Crippen LogP contribution in [0.5, 0.6) is 0 Å². The Kier molecular flexibility index (Phi) is 5.96. The highest BCUT2D eigenvalue weighted by atomic mass is 16.5. The molecule has 0 N–H and O–H groups in total. The van der Waals surface area contributed by atoms with Crippen LogP contribution >= 0.6 is 0 Å². The molecule has 2 saturated heterocycles. The lowest BCUT2D eigenvalue weighted by molar-refractivity contribution is 0.0656. The Labute approximate surface area is 172 Å². The molecule has 0 bridgehead atoms. The van der Waals surface area contributed by atoms with E-state index in [2.05, 4.69) is 17.6 Å². The summed E-state index contributed by atoms with van der Waals surface area (Å²) in [4.78, 5) is 19.6. The number of hydrogen-bond donors (Lipinski definition) is 0. The van der Waals surface area contributed by atoms with Gasteiger partial charge >= 0.3 is 0 Å². The van der Waals surface area contributed by atoms with Crippen molar-refractivity contribution >= 4 is 5.91 Å². The number of rotatable bonds is 4. The van der Waals surface area contributed by atoms with E-state index >= 15 is 0 Å². The summed E-state index contributed by atoms with van der Waals surface area (Å²) in [5.74, 6) is 2.14. The van der Waals surface area contributed by atoms with Crippen molar-refractivity contribution in [2.24, 2.45) is 5.92 Å². The third-order valence-corrected chi connectivity index (χ3v) is 6.18. The molecule has 1 atom stereocenters. The maximum absolute atomic E-state index is 12.9. The average molecular weight is 393 g/mol. The van der Waals surface area contributed by atoms with Crippen LogP contribution in [-0.4, -0.2) is 46.7 Å². The van der Waals surface area contributed by atoms with Crippen LogP contribution in [0.1, 0.15) is 59.0 Å². The number of likely N-dealkylation sites (tertiary alicyclic amines) is 1. The number of benzene rings is 1. The second-order valence-corrected chi connectivity index (χ2v) is 8.20. The van der Waals surface area contributed by atoms with Crippen LogP contribution in [-0.2, 0) is 11.3 Å². The van der Waals surface area contributed by atoms with Gasteiger partial charge in [0.15, 0.2) is 0 Å². The molecule has 152 valence electrons. The summed E-state index contributed by atoms with van der Waals surface area (Å²) in [7, 11) is 0. The second-order valence-electron chi connectivity index (χ2n) is 8.20. The molecular formula is C23H28N4O2. The molecule has 2 fully saturated rings. The topological polar surface area (TPSA) is 71.2 Å². The first kappa shape index (κ1) is 19.7. The van der Waals surface area contributed by atoms with Crippen molar-refractivity contribution in [3.63, 3.8) is 0 Å². The van der Waals surface area contributed by atoms with Gasteiger partial charge in [0.05, 0.1) is 11.6 Å². The molecule has 4 rings (SSSR count). The van der Waals surface area contributed by atoms with E-state index in [1.807, 2.05) is 11.1 Å². The Morgan fingerprint density at radius 3 is 2.72 bits per heavy atom. The van der Waals surface area contributed by atoms with Crippen molar-refractivity contribution in [1.82, 2.24) is 14.5 Å². The Balaban J connectivity index is 1.44. The molecule has 3 heterocycles. The van der Waals surface area contributed by atoms with E-state index in [0.29, 0.717) is 23.0 Å². The van der Waals surface area contributed by atoms with Crippen molar-refractivity contribution in [3.05, 3.63) is 53.1 Å². The molecule has 1 aromatic carbocycles. The third-order valence-electron chi connectivity index (χ3n) is 6.18. The molecule has 1 unspecified atom stereocenters. The average Bonchev–Trinajstić information content (AvgIpc) is 3.14. The predicted molar refractivity (Wildman–Crippen MR) is 110 cm³/mol. The first-order chi connectivity index (χ1) is 14.2. The first-order valence-electron chi connectivity index (χ1n) is 10.5. The Morgan fingerprint density at radius 1 is 1.24 bits per heavy atom. The molecule has 0 radical (unpaired) electrons. The number of nitriles is 1. The van der Waals surface area contributed by atoms with Crippen LogP contribution in [0.3, 0.4) is 0 Å². The van der Waals surface area contributed by atoms with Gasteiger partial charge in [0.2, 0.25) is 0 Å². The molecule has 1 amide bonds. The number of amides is 1. The van der Waals surface area contributed by atoms with Crippen molar-refractivity contribution in [1.29, 1.82) is 5.26 Å². The molecule has 0 spiro atoms. The number of carbonyl (C=O) groups excluding carboxylic acids is 1. The maximum Gasteiger partial charge on any atom is 0.253 e. The number of imidazole rings is 1. The lowest BCUT2D eigenvalue weighted by Gasteiger charge is -2.34. The number of aryl methyl sites for hydroxylation is 1. The Bertz CT molecular complexity index is 891. The van der Waals surface area contributed by atoms with Crippen LogP contribution in [0.25, 0.3) is 0 Å². The van der Waals surface area contributed by atoms with Crippen LogP contribution in [0.4, 0.5) is 0 Å². The van der Waals surface area contributed by atoms with Gasteiger partial charge in [0, 0.05) is 56.2 Å². The van der Waals surface area contributed by atoms with Gasteiger partial charge in [-0.05, 0) is 62.8 Å². The summed E-state index contributed by atoms with van der Waals surface area (Å²) >= 11 is 0. The highest BCUT2D eigenvalue weighted by molar-refractivity contribution is 5.94. The maximum atomic E-state index is 12.9. The molecular weight excluding hydrogens is 364 g/mol. The minimum Gasteiger partial charge on any atom is -0.381 e. The minimum absolute atomic E-state index is 0.0613. The second kappa shape index (κ2) is 8.79. The summed E-state index contributed by atoms with van der Waals surface area (Å²) in [6.07, 6.45) is 6.19. The lowest BCUT2D eigenvalue weighted by Crippen LogP contribution is -2.41. The molecule has 2 aliphatic rings. The number of carbonyl (C=O) groups is 1. The van der Waals surface area contributed by atoms with Crippen molar-refractivity contribution in [2.45, 2.75) is 45.1 Å². The first-order valence-corrected chi connectivity index (χ1v) is 10.5. The number of aromatic nitrogens is 2. The van der Waals surface area contributed by atoms with Gasteiger partial charge in [-0.3, -0.25) is 4.79 Å². The number of hydrogen-bond acceptors (Lipinski definition) is 4. The molecule has 1 aromatic heterocycles. The van der Waals surface area contributed by atoms with Gasteiger partial charge in [-0.25, -0.2) is 4.98 Å². The molecule has 2 aromatic rings. The normalized spacial score (nSPS) is 20.4. The van der Waals surface area contributed by atoms with Crippen LogP contribution in [0, 0.1) is 24.2 Å². The van der Waals surface area contributed by atoms with E-state index in [-0.39, 0.29) is 5.91 Å². The smallest absolute Gasteiger partial charge is 0.253 e. The van der Waals surface area contributed by atoms with Crippen molar-refractivity contribution in [3.8, 4) is 6.07 Å². The van der Waals surface area contributed by atoms with E-state index < -0.39 is 0 Å². The Morgan fingerprint density at radius 2 is 2.00 bits per heavy atom. The standard InChI is InChI=1S/C23H28N4O2/c1-17-14-25-22(20-8-11-29-12-9-20)27(17)16-19-3-2-10-26(15-19)23(28)21-6-4-18(13-24)5-7-21/h4-7,14,19-20H,2-3,8-12,15-16H2,1H3. The minimum atomic E-state index is 0.0613.